The molecule has 0 amide bonds. The highest BCUT2D eigenvalue weighted by molar-refractivity contribution is 7.80. The maximum Gasteiger partial charge on any atom is 0.194 e. The van der Waals surface area contributed by atoms with Gasteiger partial charge in [0.2, 0.25) is 0 Å². The van der Waals surface area contributed by atoms with Crippen LogP contribution in [0.3, 0.4) is 0 Å². The van der Waals surface area contributed by atoms with Crippen molar-refractivity contribution in [3.8, 4) is 11.5 Å². The Hall–Kier alpha value is -1.19. The Kier molecular flexibility index (Phi) is 16.2. The summed E-state index contributed by atoms with van der Waals surface area (Å²) >= 11 is -1.68. The molecule has 0 radical (unpaired) electrons. The molecule has 0 saturated carbocycles. The minimum Gasteiger partial charge on any atom is -0.492 e. The molecule has 1 unspecified atom stereocenters. The fraction of sp³-hybridized carbons (Fsp3) is 0.818. The van der Waals surface area contributed by atoms with Crippen molar-refractivity contribution in [3.63, 3.8) is 0 Å². The van der Waals surface area contributed by atoms with E-state index in [1.807, 2.05) is 6.92 Å². The van der Waals surface area contributed by atoms with Gasteiger partial charge in [0.05, 0.1) is 5.75 Å². The lowest BCUT2D eigenvalue weighted by molar-refractivity contribution is -0.488. The molecule has 1 aliphatic heterocycles. The minimum atomic E-state index is -1.68. The van der Waals surface area contributed by atoms with Crippen LogP contribution in [0.2, 0.25) is 0 Å². The van der Waals surface area contributed by atoms with Crippen LogP contribution in [0.1, 0.15) is 128 Å². The van der Waals surface area contributed by atoms with Crippen LogP contribution in [0.5, 0.6) is 11.5 Å². The topological polar surface area (TPSA) is 75.2 Å². The Morgan fingerprint density at radius 2 is 1.56 bits per heavy atom. The van der Waals surface area contributed by atoms with Gasteiger partial charge in [-0.05, 0) is 92.9 Å². The molecule has 0 spiro atoms. The van der Waals surface area contributed by atoms with Crippen LogP contribution in [0, 0.1) is 38.5 Å². The first-order valence-electron chi connectivity index (χ1n) is 16.0. The molecule has 0 aliphatic carbocycles. The molecule has 0 bridgehead atoms. The van der Waals surface area contributed by atoms with Crippen molar-refractivity contribution in [3.05, 3.63) is 22.3 Å². The van der Waals surface area contributed by atoms with Crippen molar-refractivity contribution in [2.75, 3.05) is 18.9 Å². The number of nitrogens with one attached hydrogen (secondary N) is 1. The van der Waals surface area contributed by atoms with Crippen molar-refractivity contribution in [1.82, 2.24) is 5.48 Å². The molecule has 8 heteroatoms. The zero-order valence-electron chi connectivity index (χ0n) is 27.5. The van der Waals surface area contributed by atoms with Crippen LogP contribution in [0.4, 0.5) is 0 Å². The van der Waals surface area contributed by atoms with E-state index in [1.54, 1.807) is 0 Å². The number of benzene rings is 1. The fourth-order valence-electron chi connectivity index (χ4n) is 5.85. The third-order valence-corrected chi connectivity index (χ3v) is 9.38. The molecule has 0 fully saturated rings. The summed E-state index contributed by atoms with van der Waals surface area (Å²) in [7, 11) is 0. The molecular weight excluding hydrogens is 538 g/mol. The van der Waals surface area contributed by atoms with Gasteiger partial charge < -0.3 is 9.47 Å². The van der Waals surface area contributed by atoms with Gasteiger partial charge in [-0.15, -0.1) is 4.99 Å². The van der Waals surface area contributed by atoms with Crippen LogP contribution in [0.25, 0.3) is 0 Å². The van der Waals surface area contributed by atoms with Gasteiger partial charge in [0.1, 0.15) is 23.7 Å². The second-order valence-corrected chi connectivity index (χ2v) is 14.1. The Morgan fingerprint density at radius 3 is 2.20 bits per heavy atom. The molecule has 1 aromatic rings. The molecule has 4 atom stereocenters. The van der Waals surface area contributed by atoms with E-state index in [1.165, 1.54) is 56.9 Å². The van der Waals surface area contributed by atoms with Crippen LogP contribution in [0.15, 0.2) is 0 Å². The maximum atomic E-state index is 12.0. The molecule has 1 aliphatic rings. The van der Waals surface area contributed by atoms with Crippen molar-refractivity contribution < 1.29 is 28.0 Å². The number of hydroxylamine groups is 1. The van der Waals surface area contributed by atoms with E-state index in [0.29, 0.717) is 6.54 Å². The summed E-state index contributed by atoms with van der Waals surface area (Å²) in [5, 5.41) is 4.40. The molecule has 0 aromatic heterocycles. The van der Waals surface area contributed by atoms with Crippen molar-refractivity contribution >= 4 is 11.1 Å². The lowest BCUT2D eigenvalue weighted by Gasteiger charge is -2.38. The second-order valence-electron chi connectivity index (χ2n) is 13.0. The quantitative estimate of drug-likeness (QED) is 0.0864. The molecule has 1 aromatic carbocycles. The summed E-state index contributed by atoms with van der Waals surface area (Å²) in [5.41, 5.74) is 6.85. The Bertz CT molecular complexity index is 939. The number of ether oxygens (including phenoxy) is 2. The largest absolute Gasteiger partial charge is 0.492 e. The van der Waals surface area contributed by atoms with E-state index in [2.05, 4.69) is 75.2 Å². The van der Waals surface area contributed by atoms with Gasteiger partial charge in [0.25, 0.3) is 0 Å². The smallest absolute Gasteiger partial charge is 0.194 e. The third kappa shape index (κ3) is 12.5. The normalized spacial score (nSPS) is 19.1. The molecule has 2 rings (SSSR count). The average Bonchev–Trinajstić information content (AvgIpc) is 2.91. The van der Waals surface area contributed by atoms with Gasteiger partial charge in [0.15, 0.2) is 11.1 Å². The molecular formula is C33H59NO6S. The lowest BCUT2D eigenvalue weighted by atomic mass is 9.83. The van der Waals surface area contributed by atoms with Gasteiger partial charge >= 0.3 is 0 Å². The highest BCUT2D eigenvalue weighted by atomic mass is 32.2. The van der Waals surface area contributed by atoms with Crippen LogP contribution in [-0.2, 0) is 31.9 Å². The molecule has 238 valence electrons. The summed E-state index contributed by atoms with van der Waals surface area (Å²) in [6, 6.07) is 0. The van der Waals surface area contributed by atoms with Gasteiger partial charge in [0, 0.05) is 12.1 Å². The average molecular weight is 598 g/mol. The summed E-state index contributed by atoms with van der Waals surface area (Å²) in [4.78, 5) is 4.51. The molecule has 7 nitrogen and oxygen atoms in total. The first-order chi connectivity index (χ1) is 19.5. The van der Waals surface area contributed by atoms with Crippen LogP contribution < -0.4 is 15.0 Å². The minimum absolute atomic E-state index is 0.132. The van der Waals surface area contributed by atoms with Gasteiger partial charge in [-0.25, -0.2) is 4.21 Å². The first kappa shape index (κ1) is 36.0. The fourth-order valence-corrected chi connectivity index (χ4v) is 6.23. The predicted octanol–water partition coefficient (Wildman–Crippen LogP) is 8.58. The van der Waals surface area contributed by atoms with E-state index in [-0.39, 0.29) is 18.0 Å². The van der Waals surface area contributed by atoms with Crippen molar-refractivity contribution in [1.29, 1.82) is 0 Å². The van der Waals surface area contributed by atoms with Crippen molar-refractivity contribution in [2.45, 2.75) is 139 Å². The van der Waals surface area contributed by atoms with E-state index in [9.17, 15) is 4.21 Å². The molecule has 0 saturated heterocycles. The Labute approximate surface area is 253 Å². The molecule has 1 N–H and O–H groups in total. The van der Waals surface area contributed by atoms with Gasteiger partial charge in [-0.3, -0.25) is 0 Å². The van der Waals surface area contributed by atoms with Gasteiger partial charge in [-0.2, -0.15) is 5.48 Å². The Morgan fingerprint density at radius 1 is 0.927 bits per heavy atom. The highest BCUT2D eigenvalue weighted by Gasteiger charge is 2.34. The summed E-state index contributed by atoms with van der Waals surface area (Å²) in [5.74, 6) is 4.50. The summed E-state index contributed by atoms with van der Waals surface area (Å²) in [6.45, 7) is 20.7. The number of hydrogen-bond acceptors (Lipinski definition) is 7. The zero-order valence-corrected chi connectivity index (χ0v) is 28.3. The lowest BCUT2D eigenvalue weighted by Crippen LogP contribution is -2.37. The van der Waals surface area contributed by atoms with E-state index >= 15 is 0 Å². The zero-order chi connectivity index (χ0) is 30.4. The standard InChI is InChI=1S/C33H59NO6S/c1-10-34-38-39-40-41(35)23-22-36-31-27(6)28(7)32-30(29(31)8)19-21-33(9,37-32)20-13-18-26(5)17-12-16-25(4)15-11-14-24(2)3/h24-26,34H,10-23H2,1-9H3/t25-,26-,33-,41?/m1/s1. The monoisotopic (exact) mass is 597 g/mol. The van der Waals surface area contributed by atoms with Gasteiger partial charge in [-0.1, -0.05) is 83.9 Å². The predicted molar refractivity (Wildman–Crippen MR) is 168 cm³/mol. The Balaban J connectivity index is 1.81. The summed E-state index contributed by atoms with van der Waals surface area (Å²) in [6.07, 6.45) is 13.7. The van der Waals surface area contributed by atoms with Crippen LogP contribution in [-0.4, -0.2) is 28.7 Å². The maximum absolute atomic E-state index is 12.0. The van der Waals surface area contributed by atoms with E-state index in [4.69, 9.17) is 9.47 Å². The number of rotatable bonds is 21. The second kappa shape index (κ2) is 18.5. The van der Waals surface area contributed by atoms with E-state index in [0.717, 1.165) is 65.2 Å². The molecule has 41 heavy (non-hydrogen) atoms. The third-order valence-electron chi connectivity index (χ3n) is 8.68. The SMILES string of the molecule is CCNOOOS(=O)CCOc1c(C)c(C)c2c(c1C)CC[C@@](C)(CCC[C@H](C)CCC[C@H](C)CCCC(C)C)O2. The molecule has 1 heterocycles. The van der Waals surface area contributed by atoms with E-state index < -0.39 is 11.1 Å². The first-order valence-corrected chi connectivity index (χ1v) is 17.3. The number of fused-ring (bicyclic) bond motifs is 1. The highest BCUT2D eigenvalue weighted by Crippen LogP contribution is 2.45. The summed E-state index contributed by atoms with van der Waals surface area (Å²) < 4.78 is 29.5. The number of hydrogen-bond donors (Lipinski definition) is 1. The van der Waals surface area contributed by atoms with Crippen LogP contribution >= 0.6 is 0 Å². The van der Waals surface area contributed by atoms with Crippen molar-refractivity contribution in [2.24, 2.45) is 17.8 Å².